The summed E-state index contributed by atoms with van der Waals surface area (Å²) >= 11 is 0. The molecule has 1 heterocycles. The van der Waals surface area contributed by atoms with Crippen LogP contribution in [0, 0.1) is 0 Å². The van der Waals surface area contributed by atoms with Gasteiger partial charge in [-0.1, -0.05) is 0 Å². The van der Waals surface area contributed by atoms with Gasteiger partial charge in [0.05, 0.1) is 6.04 Å². The monoisotopic (exact) mass is 317 g/mol. The van der Waals surface area contributed by atoms with Crippen molar-refractivity contribution >= 4 is 23.3 Å². The van der Waals surface area contributed by atoms with Crippen molar-refractivity contribution in [3.8, 4) is 0 Å². The van der Waals surface area contributed by atoms with E-state index in [1.54, 1.807) is 36.1 Å². The Hall–Kier alpha value is -2.21. The van der Waals surface area contributed by atoms with Crippen molar-refractivity contribution in [2.24, 2.45) is 0 Å². The molecule has 23 heavy (non-hydrogen) atoms. The van der Waals surface area contributed by atoms with E-state index in [2.05, 4.69) is 10.2 Å². The Labute approximate surface area is 136 Å². The van der Waals surface area contributed by atoms with Crippen molar-refractivity contribution in [3.05, 3.63) is 29.8 Å². The van der Waals surface area contributed by atoms with Gasteiger partial charge in [0.25, 0.3) is 0 Å². The van der Waals surface area contributed by atoms with Crippen LogP contribution in [-0.4, -0.2) is 59.6 Å². The molecule has 0 aliphatic carbocycles. The Bertz CT molecular complexity index is 590. The molecule has 0 radical (unpaired) electrons. The van der Waals surface area contributed by atoms with Crippen molar-refractivity contribution < 1.29 is 14.4 Å². The lowest BCUT2D eigenvalue weighted by atomic mass is 10.0. The van der Waals surface area contributed by atoms with E-state index in [-0.39, 0.29) is 23.6 Å². The van der Waals surface area contributed by atoms with Crippen LogP contribution in [0.15, 0.2) is 24.3 Å². The molecule has 0 spiro atoms. The number of Topliss-reactive ketones (excluding diaryl/α,β-unsaturated/α-hetero) is 1. The standard InChI is InChI=1S/C17H23N3O3/c1-12(19-8-10-20(11-9-19)14(3)22)17(23)15-4-6-16(7-5-15)18-13(2)21/h4-7,12H,8-11H2,1-3H3,(H,18,21)/t12-/m1/s1. The molecular weight excluding hydrogens is 294 g/mol. The number of carbonyl (C=O) groups is 3. The highest BCUT2D eigenvalue weighted by molar-refractivity contribution is 6.00. The maximum Gasteiger partial charge on any atom is 0.221 e. The summed E-state index contributed by atoms with van der Waals surface area (Å²) in [6, 6.07) is 6.70. The molecule has 1 aromatic rings. The largest absolute Gasteiger partial charge is 0.340 e. The highest BCUT2D eigenvalue weighted by Crippen LogP contribution is 2.15. The molecule has 2 amide bonds. The maximum absolute atomic E-state index is 12.6. The van der Waals surface area contributed by atoms with Crippen LogP contribution in [0.5, 0.6) is 0 Å². The van der Waals surface area contributed by atoms with Gasteiger partial charge in [0, 0.05) is 51.3 Å². The summed E-state index contributed by atoms with van der Waals surface area (Å²) in [5.41, 5.74) is 1.30. The van der Waals surface area contributed by atoms with E-state index in [1.807, 2.05) is 6.92 Å². The van der Waals surface area contributed by atoms with Gasteiger partial charge in [-0.3, -0.25) is 19.3 Å². The maximum atomic E-state index is 12.6. The molecule has 6 heteroatoms. The summed E-state index contributed by atoms with van der Waals surface area (Å²) in [6.07, 6.45) is 0. The molecule has 0 unspecified atom stereocenters. The van der Waals surface area contributed by atoms with Crippen LogP contribution in [0.25, 0.3) is 0 Å². The number of benzene rings is 1. The topological polar surface area (TPSA) is 69.7 Å². The van der Waals surface area contributed by atoms with Crippen molar-refractivity contribution in [3.63, 3.8) is 0 Å². The summed E-state index contributed by atoms with van der Waals surface area (Å²) in [5, 5.41) is 2.68. The number of nitrogens with zero attached hydrogens (tertiary/aromatic N) is 2. The molecule has 0 bridgehead atoms. The van der Waals surface area contributed by atoms with Gasteiger partial charge in [0.15, 0.2) is 5.78 Å². The van der Waals surface area contributed by atoms with Gasteiger partial charge < -0.3 is 10.2 Å². The fraction of sp³-hybridized carbons (Fsp3) is 0.471. The molecule has 6 nitrogen and oxygen atoms in total. The number of hydrogen-bond donors (Lipinski definition) is 1. The van der Waals surface area contributed by atoms with Gasteiger partial charge in [-0.05, 0) is 31.2 Å². The summed E-state index contributed by atoms with van der Waals surface area (Å²) in [6.45, 7) is 7.64. The second kappa shape index (κ2) is 7.37. The van der Waals surface area contributed by atoms with Crippen LogP contribution < -0.4 is 5.32 Å². The van der Waals surface area contributed by atoms with Crippen molar-refractivity contribution in [1.29, 1.82) is 0 Å². The number of hydrogen-bond acceptors (Lipinski definition) is 4. The third kappa shape index (κ3) is 4.39. The second-order valence-corrected chi connectivity index (χ2v) is 5.84. The van der Waals surface area contributed by atoms with E-state index in [1.165, 1.54) is 6.92 Å². The lowest BCUT2D eigenvalue weighted by molar-refractivity contribution is -0.130. The number of anilines is 1. The van der Waals surface area contributed by atoms with E-state index in [0.717, 1.165) is 0 Å². The van der Waals surface area contributed by atoms with Crippen molar-refractivity contribution in [2.45, 2.75) is 26.8 Å². The zero-order valence-corrected chi connectivity index (χ0v) is 13.8. The zero-order valence-electron chi connectivity index (χ0n) is 13.8. The Morgan fingerprint density at radius 3 is 2.04 bits per heavy atom. The van der Waals surface area contributed by atoms with E-state index in [4.69, 9.17) is 0 Å². The Morgan fingerprint density at radius 2 is 1.57 bits per heavy atom. The number of rotatable bonds is 4. The number of piperazine rings is 1. The molecule has 1 fully saturated rings. The van der Waals surface area contributed by atoms with Crippen molar-refractivity contribution in [1.82, 2.24) is 9.80 Å². The molecule has 0 aromatic heterocycles. The number of amides is 2. The van der Waals surface area contributed by atoms with Crippen LogP contribution in [0.3, 0.4) is 0 Å². The van der Waals surface area contributed by atoms with Crippen LogP contribution in [0.4, 0.5) is 5.69 Å². The smallest absolute Gasteiger partial charge is 0.221 e. The number of carbonyl (C=O) groups excluding carboxylic acids is 3. The molecule has 0 saturated carbocycles. The molecule has 1 aliphatic heterocycles. The Balaban J connectivity index is 1.97. The molecule has 124 valence electrons. The fourth-order valence-electron chi connectivity index (χ4n) is 2.75. The minimum Gasteiger partial charge on any atom is -0.340 e. The van der Waals surface area contributed by atoms with Crippen LogP contribution in [0.1, 0.15) is 31.1 Å². The zero-order chi connectivity index (χ0) is 17.0. The van der Waals surface area contributed by atoms with Crippen LogP contribution in [0.2, 0.25) is 0 Å². The normalized spacial score (nSPS) is 16.7. The Morgan fingerprint density at radius 1 is 1.00 bits per heavy atom. The van der Waals surface area contributed by atoms with Gasteiger partial charge >= 0.3 is 0 Å². The highest BCUT2D eigenvalue weighted by atomic mass is 16.2. The minimum absolute atomic E-state index is 0.0515. The number of nitrogens with one attached hydrogen (secondary N) is 1. The van der Waals surface area contributed by atoms with E-state index in [9.17, 15) is 14.4 Å². The van der Waals surface area contributed by atoms with E-state index in [0.29, 0.717) is 37.4 Å². The summed E-state index contributed by atoms with van der Waals surface area (Å²) in [4.78, 5) is 38.8. The minimum atomic E-state index is -0.226. The SMILES string of the molecule is CC(=O)Nc1ccc(C(=O)[C@@H](C)N2CCN(C(C)=O)CC2)cc1. The average molecular weight is 317 g/mol. The third-order valence-electron chi connectivity index (χ3n) is 4.18. The molecule has 2 rings (SSSR count). The summed E-state index contributed by atoms with van der Waals surface area (Å²) < 4.78 is 0. The van der Waals surface area contributed by atoms with E-state index < -0.39 is 0 Å². The molecular formula is C17H23N3O3. The lowest BCUT2D eigenvalue weighted by Crippen LogP contribution is -2.52. The van der Waals surface area contributed by atoms with Crippen LogP contribution >= 0.6 is 0 Å². The quantitative estimate of drug-likeness (QED) is 0.852. The lowest BCUT2D eigenvalue weighted by Gasteiger charge is -2.37. The summed E-state index contributed by atoms with van der Waals surface area (Å²) in [7, 11) is 0. The van der Waals surface area contributed by atoms with Gasteiger partial charge in [-0.2, -0.15) is 0 Å². The molecule has 1 atom stereocenters. The molecule has 1 saturated heterocycles. The fourth-order valence-corrected chi connectivity index (χ4v) is 2.75. The van der Waals surface area contributed by atoms with Gasteiger partial charge in [-0.15, -0.1) is 0 Å². The molecule has 1 N–H and O–H groups in total. The third-order valence-corrected chi connectivity index (χ3v) is 4.18. The predicted octanol–water partition coefficient (Wildman–Crippen LogP) is 1.38. The first kappa shape index (κ1) is 17.1. The molecule has 1 aliphatic rings. The number of ketones is 1. The first-order chi connectivity index (χ1) is 10.9. The Kier molecular flexibility index (Phi) is 5.50. The first-order valence-electron chi connectivity index (χ1n) is 7.80. The van der Waals surface area contributed by atoms with Crippen molar-refractivity contribution in [2.75, 3.05) is 31.5 Å². The van der Waals surface area contributed by atoms with Gasteiger partial charge in [0.2, 0.25) is 11.8 Å². The average Bonchev–Trinajstić information content (AvgIpc) is 2.53. The van der Waals surface area contributed by atoms with Gasteiger partial charge in [-0.25, -0.2) is 0 Å². The summed E-state index contributed by atoms with van der Waals surface area (Å²) in [5.74, 6) is -0.00590. The van der Waals surface area contributed by atoms with E-state index >= 15 is 0 Å². The highest BCUT2D eigenvalue weighted by Gasteiger charge is 2.26. The molecule has 1 aromatic carbocycles. The predicted molar refractivity (Wildman–Crippen MR) is 88.4 cm³/mol. The van der Waals surface area contributed by atoms with Crippen LogP contribution in [-0.2, 0) is 9.59 Å². The second-order valence-electron chi connectivity index (χ2n) is 5.84. The van der Waals surface area contributed by atoms with Gasteiger partial charge in [0.1, 0.15) is 0 Å². The first-order valence-corrected chi connectivity index (χ1v) is 7.80.